The molecule has 25 heavy (non-hydrogen) atoms. The summed E-state index contributed by atoms with van der Waals surface area (Å²) in [5.41, 5.74) is 3.39. The number of nitrogens with one attached hydrogen (secondary N) is 1. The summed E-state index contributed by atoms with van der Waals surface area (Å²) in [5, 5.41) is 2.97. The molecule has 1 unspecified atom stereocenters. The van der Waals surface area contributed by atoms with Gasteiger partial charge in [0.1, 0.15) is 11.5 Å². The van der Waals surface area contributed by atoms with Crippen molar-refractivity contribution in [1.29, 1.82) is 0 Å². The lowest BCUT2D eigenvalue weighted by Crippen LogP contribution is -2.39. The Balaban J connectivity index is 1.87. The summed E-state index contributed by atoms with van der Waals surface area (Å²) in [6.07, 6.45) is 0.925. The molecule has 1 N–H and O–H groups in total. The molecular formula is C21H27NO3. The summed E-state index contributed by atoms with van der Waals surface area (Å²) in [6, 6.07) is 13.8. The lowest BCUT2D eigenvalue weighted by molar-refractivity contribution is -0.128. The van der Waals surface area contributed by atoms with Crippen LogP contribution in [0, 0.1) is 13.8 Å². The molecule has 0 aliphatic rings. The fourth-order valence-corrected chi connectivity index (χ4v) is 2.56. The van der Waals surface area contributed by atoms with E-state index in [4.69, 9.17) is 9.47 Å². The maximum atomic E-state index is 12.4. The van der Waals surface area contributed by atoms with Crippen LogP contribution in [0.2, 0.25) is 0 Å². The van der Waals surface area contributed by atoms with Gasteiger partial charge in [-0.25, -0.2) is 0 Å². The molecule has 4 heteroatoms. The van der Waals surface area contributed by atoms with Gasteiger partial charge >= 0.3 is 0 Å². The number of rotatable bonds is 8. The summed E-state index contributed by atoms with van der Waals surface area (Å²) in [4.78, 5) is 12.4. The minimum absolute atomic E-state index is 0.0723. The second kappa shape index (κ2) is 9.11. The maximum Gasteiger partial charge on any atom is 0.261 e. The second-order valence-electron chi connectivity index (χ2n) is 6.10. The smallest absolute Gasteiger partial charge is 0.261 e. The Morgan fingerprint density at radius 2 is 1.84 bits per heavy atom. The Morgan fingerprint density at radius 1 is 1.12 bits per heavy atom. The topological polar surface area (TPSA) is 47.6 Å². The molecule has 0 heterocycles. The summed E-state index contributed by atoms with van der Waals surface area (Å²) < 4.78 is 11.1. The van der Waals surface area contributed by atoms with Gasteiger partial charge in [0.05, 0.1) is 7.11 Å². The first-order valence-corrected chi connectivity index (χ1v) is 8.68. The van der Waals surface area contributed by atoms with Crippen LogP contribution in [0.25, 0.3) is 0 Å². The van der Waals surface area contributed by atoms with E-state index in [-0.39, 0.29) is 5.91 Å². The minimum Gasteiger partial charge on any atom is -0.497 e. The number of aryl methyl sites for hydroxylation is 1. The Kier molecular flexibility index (Phi) is 6.87. The van der Waals surface area contributed by atoms with Crippen LogP contribution in [0.15, 0.2) is 42.5 Å². The van der Waals surface area contributed by atoms with Gasteiger partial charge in [0.2, 0.25) is 0 Å². The monoisotopic (exact) mass is 341 g/mol. The van der Waals surface area contributed by atoms with E-state index >= 15 is 0 Å². The number of benzene rings is 2. The molecule has 0 aliphatic heterocycles. The molecule has 134 valence electrons. The van der Waals surface area contributed by atoms with Gasteiger partial charge < -0.3 is 14.8 Å². The van der Waals surface area contributed by atoms with Gasteiger partial charge in [-0.05, 0) is 61.6 Å². The van der Waals surface area contributed by atoms with Gasteiger partial charge in [-0.2, -0.15) is 0 Å². The summed E-state index contributed by atoms with van der Waals surface area (Å²) >= 11 is 0. The Bertz CT molecular complexity index is 695. The molecule has 0 saturated heterocycles. The van der Waals surface area contributed by atoms with Gasteiger partial charge in [0.25, 0.3) is 5.91 Å². The molecule has 2 aromatic carbocycles. The van der Waals surface area contributed by atoms with Crippen LogP contribution in [0.1, 0.15) is 30.0 Å². The lowest BCUT2D eigenvalue weighted by Gasteiger charge is -2.19. The first-order valence-electron chi connectivity index (χ1n) is 8.68. The maximum absolute atomic E-state index is 12.4. The van der Waals surface area contributed by atoms with E-state index < -0.39 is 6.10 Å². The van der Waals surface area contributed by atoms with Crippen molar-refractivity contribution >= 4 is 5.91 Å². The second-order valence-corrected chi connectivity index (χ2v) is 6.10. The molecule has 1 atom stereocenters. The van der Waals surface area contributed by atoms with Crippen LogP contribution in [0.5, 0.6) is 11.5 Å². The summed E-state index contributed by atoms with van der Waals surface area (Å²) in [7, 11) is 1.65. The molecule has 0 radical (unpaired) electrons. The number of hydrogen-bond acceptors (Lipinski definition) is 3. The van der Waals surface area contributed by atoms with Gasteiger partial charge in [0, 0.05) is 6.54 Å². The molecule has 1 amide bonds. The van der Waals surface area contributed by atoms with E-state index in [0.717, 1.165) is 34.6 Å². The number of carbonyl (C=O) groups is 1. The van der Waals surface area contributed by atoms with E-state index in [9.17, 15) is 4.79 Å². The fraction of sp³-hybridized carbons (Fsp3) is 0.381. The highest BCUT2D eigenvalue weighted by Crippen LogP contribution is 2.22. The van der Waals surface area contributed by atoms with Crippen LogP contribution in [0.3, 0.4) is 0 Å². The lowest BCUT2D eigenvalue weighted by atomic mass is 10.1. The van der Waals surface area contributed by atoms with Gasteiger partial charge in [0.15, 0.2) is 6.10 Å². The molecule has 0 aromatic heterocycles. The van der Waals surface area contributed by atoms with Crippen molar-refractivity contribution in [3.63, 3.8) is 0 Å². The number of hydrogen-bond donors (Lipinski definition) is 1. The number of ether oxygens (including phenoxy) is 2. The number of carbonyl (C=O) groups excluding carboxylic acids is 1. The normalized spacial score (nSPS) is 11.7. The van der Waals surface area contributed by atoms with Crippen LogP contribution in [-0.2, 0) is 11.2 Å². The Labute approximate surface area is 150 Å². The third kappa shape index (κ3) is 5.24. The average molecular weight is 341 g/mol. The summed E-state index contributed by atoms with van der Waals surface area (Å²) in [5.74, 6) is 1.54. The molecule has 4 nitrogen and oxygen atoms in total. The summed E-state index contributed by atoms with van der Waals surface area (Å²) in [6.45, 7) is 6.59. The van der Waals surface area contributed by atoms with Gasteiger partial charge in [-0.3, -0.25) is 4.79 Å². The molecule has 0 spiro atoms. The molecule has 2 rings (SSSR count). The molecular weight excluding hydrogens is 314 g/mol. The third-order valence-corrected chi connectivity index (χ3v) is 4.36. The number of amides is 1. The van der Waals surface area contributed by atoms with Crippen LogP contribution >= 0.6 is 0 Å². The molecule has 0 bridgehead atoms. The van der Waals surface area contributed by atoms with Crippen molar-refractivity contribution in [2.45, 2.75) is 39.7 Å². The van der Waals surface area contributed by atoms with Gasteiger partial charge in [-0.1, -0.05) is 31.2 Å². The molecule has 2 aromatic rings. The van der Waals surface area contributed by atoms with E-state index in [1.807, 2.05) is 63.2 Å². The number of methoxy groups -OCH3 is 1. The van der Waals surface area contributed by atoms with Crippen LogP contribution in [0.4, 0.5) is 0 Å². The van der Waals surface area contributed by atoms with Crippen molar-refractivity contribution in [3.8, 4) is 11.5 Å². The molecule has 0 aliphatic carbocycles. The first-order chi connectivity index (χ1) is 12.0. The predicted molar refractivity (Wildman–Crippen MR) is 100 cm³/mol. The van der Waals surface area contributed by atoms with Crippen molar-refractivity contribution in [2.24, 2.45) is 0 Å². The Hall–Kier alpha value is -2.49. The standard InChI is InChI=1S/C21H27NO3/c1-5-19(25-20-8-6-7-15(2)16(20)3)21(23)22-14-13-17-9-11-18(24-4)12-10-17/h6-12,19H,5,13-14H2,1-4H3,(H,22,23). The zero-order valence-electron chi connectivity index (χ0n) is 15.5. The zero-order chi connectivity index (χ0) is 18.2. The minimum atomic E-state index is -0.476. The highest BCUT2D eigenvalue weighted by molar-refractivity contribution is 5.81. The van der Waals surface area contributed by atoms with Crippen molar-refractivity contribution in [1.82, 2.24) is 5.32 Å². The van der Waals surface area contributed by atoms with E-state index in [2.05, 4.69) is 5.32 Å². The SMILES string of the molecule is CCC(Oc1cccc(C)c1C)C(=O)NCCc1ccc(OC)cc1. The van der Waals surface area contributed by atoms with Crippen LogP contribution < -0.4 is 14.8 Å². The van der Waals surface area contributed by atoms with Crippen molar-refractivity contribution < 1.29 is 14.3 Å². The highest BCUT2D eigenvalue weighted by Gasteiger charge is 2.19. The molecule has 0 saturated carbocycles. The third-order valence-electron chi connectivity index (χ3n) is 4.36. The predicted octanol–water partition coefficient (Wildman–Crippen LogP) is 3.83. The van der Waals surface area contributed by atoms with E-state index in [1.54, 1.807) is 7.11 Å². The zero-order valence-corrected chi connectivity index (χ0v) is 15.5. The van der Waals surface area contributed by atoms with Gasteiger partial charge in [-0.15, -0.1) is 0 Å². The van der Waals surface area contributed by atoms with Crippen molar-refractivity contribution in [2.75, 3.05) is 13.7 Å². The quantitative estimate of drug-likeness (QED) is 0.794. The Morgan fingerprint density at radius 3 is 2.48 bits per heavy atom. The average Bonchev–Trinajstić information content (AvgIpc) is 2.63. The van der Waals surface area contributed by atoms with Crippen LogP contribution in [-0.4, -0.2) is 25.7 Å². The highest BCUT2D eigenvalue weighted by atomic mass is 16.5. The van der Waals surface area contributed by atoms with Crippen molar-refractivity contribution in [3.05, 3.63) is 59.2 Å². The molecule has 0 fully saturated rings. The first kappa shape index (κ1) is 18.8. The largest absolute Gasteiger partial charge is 0.497 e. The fourth-order valence-electron chi connectivity index (χ4n) is 2.56. The van der Waals surface area contributed by atoms with E-state index in [0.29, 0.717) is 13.0 Å². The van der Waals surface area contributed by atoms with E-state index in [1.165, 1.54) is 0 Å².